The number of carbonyl (C=O) groups excluding carboxylic acids is 2. The van der Waals surface area contributed by atoms with E-state index in [1.165, 1.54) is 0 Å². The van der Waals surface area contributed by atoms with Gasteiger partial charge in [-0.15, -0.1) is 0 Å². The largest absolute Gasteiger partial charge is 0.449 e. The number of hydrogen-bond acceptors (Lipinski definition) is 4. The average molecular weight is 458 g/mol. The molecule has 4 N–H and O–H groups in total. The summed E-state index contributed by atoms with van der Waals surface area (Å²) in [4.78, 5) is 25.7. The highest BCUT2D eigenvalue weighted by Gasteiger charge is 2.30. The molecule has 3 aromatic carbocycles. The van der Waals surface area contributed by atoms with Crippen LogP contribution in [0.4, 0.5) is 4.79 Å². The second-order valence-corrected chi connectivity index (χ2v) is 8.99. The minimum absolute atomic E-state index is 0.0473. The van der Waals surface area contributed by atoms with Crippen molar-refractivity contribution in [1.82, 2.24) is 10.6 Å². The molecule has 0 saturated carbocycles. The smallest absolute Gasteiger partial charge is 0.407 e. The van der Waals surface area contributed by atoms with E-state index in [9.17, 15) is 9.59 Å². The molecule has 176 valence electrons. The van der Waals surface area contributed by atoms with E-state index in [1.54, 1.807) is 0 Å². The van der Waals surface area contributed by atoms with Crippen molar-refractivity contribution in [2.45, 2.75) is 38.4 Å². The molecule has 3 aromatic rings. The Labute approximate surface area is 200 Å². The Morgan fingerprint density at radius 1 is 0.853 bits per heavy atom. The number of rotatable bonds is 8. The SMILES string of the molecule is CC(C)[C@H](N)NC(=O)[C@H](Cc1ccccc1)NC(=O)OCC1c2ccccc2-c2ccccc21. The maximum Gasteiger partial charge on any atom is 0.407 e. The second-order valence-electron chi connectivity index (χ2n) is 8.99. The molecule has 0 radical (unpaired) electrons. The molecule has 0 spiro atoms. The minimum atomic E-state index is -0.803. The van der Waals surface area contributed by atoms with Crippen LogP contribution in [-0.2, 0) is 16.0 Å². The van der Waals surface area contributed by atoms with Gasteiger partial charge in [-0.2, -0.15) is 0 Å². The molecule has 1 aliphatic rings. The Bertz CT molecular complexity index is 1100. The van der Waals surface area contributed by atoms with Crippen LogP contribution < -0.4 is 16.4 Å². The van der Waals surface area contributed by atoms with Crippen LogP contribution in [0.5, 0.6) is 0 Å². The first-order valence-electron chi connectivity index (χ1n) is 11.7. The fraction of sp³-hybridized carbons (Fsp3) is 0.286. The number of hydrogen-bond donors (Lipinski definition) is 3. The maximum atomic E-state index is 12.9. The van der Waals surface area contributed by atoms with E-state index in [4.69, 9.17) is 10.5 Å². The van der Waals surface area contributed by atoms with Crippen LogP contribution in [0.15, 0.2) is 78.9 Å². The van der Waals surface area contributed by atoms with Gasteiger partial charge in [-0.05, 0) is 33.7 Å². The first-order chi connectivity index (χ1) is 16.4. The molecule has 2 atom stereocenters. The quantitative estimate of drug-likeness (QED) is 0.442. The van der Waals surface area contributed by atoms with Crippen LogP contribution >= 0.6 is 0 Å². The Morgan fingerprint density at radius 2 is 1.41 bits per heavy atom. The fourth-order valence-electron chi connectivity index (χ4n) is 4.27. The summed E-state index contributed by atoms with van der Waals surface area (Å²) >= 11 is 0. The summed E-state index contributed by atoms with van der Waals surface area (Å²) in [6.45, 7) is 4.04. The molecule has 2 amide bonds. The summed E-state index contributed by atoms with van der Waals surface area (Å²) in [7, 11) is 0. The molecular formula is C28H31N3O3. The zero-order chi connectivity index (χ0) is 24.1. The molecule has 4 rings (SSSR count). The van der Waals surface area contributed by atoms with E-state index < -0.39 is 18.3 Å². The number of ether oxygens (including phenoxy) is 1. The third-order valence-electron chi connectivity index (χ3n) is 6.26. The number of nitrogens with two attached hydrogens (primary N) is 1. The number of carbonyl (C=O) groups is 2. The molecule has 0 saturated heterocycles. The summed E-state index contributed by atoms with van der Waals surface area (Å²) in [5.74, 6) is -0.316. The van der Waals surface area contributed by atoms with Gasteiger partial charge in [-0.1, -0.05) is 92.7 Å². The maximum absolute atomic E-state index is 12.9. The van der Waals surface area contributed by atoms with E-state index in [0.29, 0.717) is 6.42 Å². The molecule has 0 heterocycles. The van der Waals surface area contributed by atoms with Crippen molar-refractivity contribution >= 4 is 12.0 Å². The lowest BCUT2D eigenvalue weighted by Gasteiger charge is -2.23. The average Bonchev–Trinajstić information content (AvgIpc) is 3.16. The van der Waals surface area contributed by atoms with Gasteiger partial charge in [0.2, 0.25) is 5.91 Å². The van der Waals surface area contributed by atoms with Gasteiger partial charge in [0.15, 0.2) is 0 Å². The van der Waals surface area contributed by atoms with E-state index in [1.807, 2.05) is 68.4 Å². The van der Waals surface area contributed by atoms with Crippen molar-refractivity contribution in [1.29, 1.82) is 0 Å². The Hall–Kier alpha value is -3.64. The van der Waals surface area contributed by atoms with Gasteiger partial charge in [-0.3, -0.25) is 4.79 Å². The van der Waals surface area contributed by atoms with E-state index >= 15 is 0 Å². The van der Waals surface area contributed by atoms with Crippen molar-refractivity contribution in [2.75, 3.05) is 6.61 Å². The number of fused-ring (bicyclic) bond motifs is 3. The van der Waals surface area contributed by atoms with Crippen LogP contribution in [0.2, 0.25) is 0 Å². The van der Waals surface area contributed by atoms with Gasteiger partial charge >= 0.3 is 6.09 Å². The lowest BCUT2D eigenvalue weighted by atomic mass is 9.98. The van der Waals surface area contributed by atoms with Gasteiger partial charge in [0.25, 0.3) is 0 Å². The van der Waals surface area contributed by atoms with Crippen molar-refractivity contribution in [3.63, 3.8) is 0 Å². The fourth-order valence-corrected chi connectivity index (χ4v) is 4.27. The summed E-state index contributed by atoms with van der Waals surface area (Å²) in [6, 6.07) is 25.1. The molecule has 6 heteroatoms. The highest BCUT2D eigenvalue weighted by molar-refractivity contribution is 5.86. The molecule has 0 bridgehead atoms. The first-order valence-corrected chi connectivity index (χ1v) is 11.7. The Morgan fingerprint density at radius 3 is 2.00 bits per heavy atom. The molecule has 0 fully saturated rings. The van der Waals surface area contributed by atoms with Gasteiger partial charge in [0.05, 0.1) is 6.17 Å². The predicted octanol–water partition coefficient (Wildman–Crippen LogP) is 4.19. The molecule has 34 heavy (non-hydrogen) atoms. The molecule has 0 aromatic heterocycles. The zero-order valence-electron chi connectivity index (χ0n) is 19.5. The van der Waals surface area contributed by atoms with Gasteiger partial charge in [0, 0.05) is 12.3 Å². The number of alkyl carbamates (subject to hydrolysis) is 1. The van der Waals surface area contributed by atoms with Gasteiger partial charge in [0.1, 0.15) is 12.6 Å². The third-order valence-corrected chi connectivity index (χ3v) is 6.26. The monoisotopic (exact) mass is 457 g/mol. The number of nitrogens with one attached hydrogen (secondary N) is 2. The third kappa shape index (κ3) is 5.29. The predicted molar refractivity (Wildman–Crippen MR) is 133 cm³/mol. The van der Waals surface area contributed by atoms with Gasteiger partial charge in [-0.25, -0.2) is 4.79 Å². The molecule has 0 unspecified atom stereocenters. The van der Waals surface area contributed by atoms with Crippen molar-refractivity contribution in [3.05, 3.63) is 95.6 Å². The molecule has 0 aliphatic heterocycles. The summed E-state index contributed by atoms with van der Waals surface area (Å²) < 4.78 is 5.65. The Kier molecular flexibility index (Phi) is 7.28. The van der Waals surface area contributed by atoms with Gasteiger partial charge < -0.3 is 21.1 Å². The lowest BCUT2D eigenvalue weighted by molar-refractivity contribution is -0.124. The van der Waals surface area contributed by atoms with E-state index in [2.05, 4.69) is 34.9 Å². The summed E-state index contributed by atoms with van der Waals surface area (Å²) in [5, 5.41) is 5.55. The molecule has 1 aliphatic carbocycles. The first kappa shape index (κ1) is 23.5. The van der Waals surface area contributed by atoms with Crippen molar-refractivity contribution < 1.29 is 14.3 Å². The van der Waals surface area contributed by atoms with Crippen LogP contribution in [0.25, 0.3) is 11.1 Å². The van der Waals surface area contributed by atoms with Crippen molar-refractivity contribution in [3.8, 4) is 11.1 Å². The van der Waals surface area contributed by atoms with Crippen LogP contribution in [0.3, 0.4) is 0 Å². The minimum Gasteiger partial charge on any atom is -0.449 e. The number of amides is 2. The van der Waals surface area contributed by atoms with Crippen LogP contribution in [0, 0.1) is 5.92 Å². The topological polar surface area (TPSA) is 93.5 Å². The standard InChI is InChI=1S/C28H31N3O3/c1-18(2)26(29)31-27(32)25(16-19-10-4-3-5-11-19)30-28(33)34-17-24-22-14-8-6-12-20(22)21-13-7-9-15-23(21)24/h3-15,18,24-26H,16-17,29H2,1-2H3,(H,30,33)(H,31,32)/t25-,26+/m0/s1. The summed E-state index contributed by atoms with van der Waals surface area (Å²) in [5.41, 5.74) is 11.6. The normalized spacial score (nSPS) is 14.1. The zero-order valence-corrected chi connectivity index (χ0v) is 19.5. The highest BCUT2D eigenvalue weighted by atomic mass is 16.5. The van der Waals surface area contributed by atoms with Crippen molar-refractivity contribution in [2.24, 2.45) is 11.7 Å². The second kappa shape index (κ2) is 10.5. The molecular weight excluding hydrogens is 426 g/mol. The van der Waals surface area contributed by atoms with E-state index in [-0.39, 0.29) is 24.3 Å². The number of benzene rings is 3. The van der Waals surface area contributed by atoms with E-state index in [0.717, 1.165) is 27.8 Å². The Balaban J connectivity index is 1.45. The van der Waals surface area contributed by atoms with Crippen LogP contribution in [-0.4, -0.2) is 30.8 Å². The molecule has 6 nitrogen and oxygen atoms in total. The highest BCUT2D eigenvalue weighted by Crippen LogP contribution is 2.44. The lowest BCUT2D eigenvalue weighted by Crippen LogP contribution is -2.54. The summed E-state index contributed by atoms with van der Waals surface area (Å²) in [6.07, 6.45) is -0.798. The van der Waals surface area contributed by atoms with Crippen LogP contribution in [0.1, 0.15) is 36.5 Å².